The molecule has 1 amide bonds. The molecule has 1 aromatic rings. The van der Waals surface area contributed by atoms with E-state index in [1.807, 2.05) is 0 Å². The number of rotatable bonds is 5. The van der Waals surface area contributed by atoms with Crippen molar-refractivity contribution in [1.29, 1.82) is 0 Å². The number of hydrogen-bond donors (Lipinski definition) is 1. The van der Waals surface area contributed by atoms with Crippen molar-refractivity contribution in [2.75, 3.05) is 13.7 Å². The lowest BCUT2D eigenvalue weighted by molar-refractivity contribution is -0.125. The highest BCUT2D eigenvalue weighted by Crippen LogP contribution is 2.29. The Morgan fingerprint density at radius 2 is 2.04 bits per heavy atom. The lowest BCUT2D eigenvalue weighted by Crippen LogP contribution is -2.45. The van der Waals surface area contributed by atoms with Gasteiger partial charge in [-0.3, -0.25) is 4.79 Å². The number of methoxy groups -OCH3 is 1. The van der Waals surface area contributed by atoms with Gasteiger partial charge in [0.2, 0.25) is 0 Å². The first-order valence-electron chi connectivity index (χ1n) is 8.22. The maximum atomic E-state index is 12.2. The summed E-state index contributed by atoms with van der Waals surface area (Å²) in [4.78, 5) is 24.2. The van der Waals surface area contributed by atoms with Crippen molar-refractivity contribution in [3.8, 4) is 5.75 Å². The number of halogens is 1. The van der Waals surface area contributed by atoms with E-state index >= 15 is 0 Å². The number of nitrogens with one attached hydrogen (secondary N) is 1. The molecular weight excluding hydrogens is 374 g/mol. The van der Waals surface area contributed by atoms with Gasteiger partial charge in [0.25, 0.3) is 5.91 Å². The van der Waals surface area contributed by atoms with Crippen LogP contribution < -0.4 is 10.1 Å². The molecule has 1 aromatic carbocycles. The minimum absolute atomic E-state index is 0.156. The minimum atomic E-state index is -0.555. The number of hydrogen-bond acceptors (Lipinski definition) is 4. The van der Waals surface area contributed by atoms with Crippen LogP contribution in [0.4, 0.5) is 0 Å². The predicted molar refractivity (Wildman–Crippen MR) is 95.1 cm³/mol. The molecule has 0 radical (unpaired) electrons. The molecule has 0 unspecified atom stereocenters. The fraction of sp³-hybridized carbons (Fsp3) is 0.556. The van der Waals surface area contributed by atoms with Crippen LogP contribution >= 0.6 is 15.9 Å². The van der Waals surface area contributed by atoms with Gasteiger partial charge in [-0.15, -0.1) is 0 Å². The van der Waals surface area contributed by atoms with Gasteiger partial charge in [-0.2, -0.15) is 0 Å². The van der Waals surface area contributed by atoms with Crippen molar-refractivity contribution < 1.29 is 19.1 Å². The van der Waals surface area contributed by atoms with Crippen LogP contribution in [0.2, 0.25) is 0 Å². The van der Waals surface area contributed by atoms with Gasteiger partial charge in [0.05, 0.1) is 12.7 Å². The molecule has 5 nitrogen and oxygen atoms in total. The van der Waals surface area contributed by atoms with E-state index in [9.17, 15) is 9.59 Å². The zero-order valence-corrected chi connectivity index (χ0v) is 15.9. The Labute approximate surface area is 151 Å². The first-order valence-corrected chi connectivity index (χ1v) is 9.01. The Balaban J connectivity index is 1.88. The van der Waals surface area contributed by atoms with E-state index < -0.39 is 5.97 Å². The highest BCUT2D eigenvalue weighted by atomic mass is 79.9. The largest absolute Gasteiger partial charge is 0.497 e. The third-order valence-corrected chi connectivity index (χ3v) is 5.47. The molecule has 0 bridgehead atoms. The molecule has 1 aliphatic carbocycles. The van der Waals surface area contributed by atoms with Crippen LogP contribution in [0.15, 0.2) is 22.7 Å². The highest BCUT2D eigenvalue weighted by Gasteiger charge is 2.28. The highest BCUT2D eigenvalue weighted by molar-refractivity contribution is 9.10. The normalized spacial score (nSPS) is 23.4. The van der Waals surface area contributed by atoms with Gasteiger partial charge in [-0.1, -0.05) is 26.7 Å². The average Bonchev–Trinajstić information content (AvgIpc) is 2.57. The Morgan fingerprint density at radius 3 is 2.75 bits per heavy atom. The molecule has 2 rings (SSSR count). The molecule has 1 N–H and O–H groups in total. The second-order valence-electron chi connectivity index (χ2n) is 6.36. The van der Waals surface area contributed by atoms with Gasteiger partial charge in [0.15, 0.2) is 6.61 Å². The molecule has 0 aromatic heterocycles. The summed E-state index contributed by atoms with van der Waals surface area (Å²) < 4.78 is 10.8. The Hall–Kier alpha value is -1.56. The van der Waals surface area contributed by atoms with Crippen LogP contribution in [0.1, 0.15) is 43.5 Å². The van der Waals surface area contributed by atoms with Crippen LogP contribution in [0.25, 0.3) is 0 Å². The fourth-order valence-corrected chi connectivity index (χ4v) is 3.44. The second-order valence-corrected chi connectivity index (χ2v) is 7.22. The molecule has 0 saturated heterocycles. The Bertz CT molecular complexity index is 605. The van der Waals surface area contributed by atoms with E-state index in [4.69, 9.17) is 9.47 Å². The summed E-state index contributed by atoms with van der Waals surface area (Å²) in [6, 6.07) is 5.18. The van der Waals surface area contributed by atoms with Crippen LogP contribution in [-0.2, 0) is 9.53 Å². The van der Waals surface area contributed by atoms with Crippen molar-refractivity contribution in [3.63, 3.8) is 0 Å². The van der Waals surface area contributed by atoms with E-state index in [-0.39, 0.29) is 18.6 Å². The summed E-state index contributed by atoms with van der Waals surface area (Å²) in [5.74, 6) is 0.777. The second kappa shape index (κ2) is 8.51. The molecule has 0 heterocycles. The molecule has 0 aliphatic heterocycles. The summed E-state index contributed by atoms with van der Waals surface area (Å²) in [6.45, 7) is 4.09. The van der Waals surface area contributed by atoms with Gasteiger partial charge in [-0.25, -0.2) is 4.79 Å². The molecule has 1 saturated carbocycles. The molecule has 6 heteroatoms. The number of carbonyl (C=O) groups excluding carboxylic acids is 2. The molecule has 3 atom stereocenters. The third kappa shape index (κ3) is 4.72. The zero-order chi connectivity index (χ0) is 17.7. The van der Waals surface area contributed by atoms with E-state index in [0.717, 1.165) is 12.8 Å². The topological polar surface area (TPSA) is 64.6 Å². The van der Waals surface area contributed by atoms with Crippen molar-refractivity contribution in [3.05, 3.63) is 28.2 Å². The van der Waals surface area contributed by atoms with Crippen LogP contribution in [0.3, 0.4) is 0 Å². The number of amides is 1. The third-order valence-electron chi connectivity index (χ3n) is 4.78. The van der Waals surface area contributed by atoms with Crippen LogP contribution in [0, 0.1) is 11.8 Å². The lowest BCUT2D eigenvalue weighted by Gasteiger charge is -2.34. The lowest BCUT2D eigenvalue weighted by atomic mass is 9.78. The van der Waals surface area contributed by atoms with Crippen molar-refractivity contribution in [2.24, 2.45) is 11.8 Å². The van der Waals surface area contributed by atoms with E-state index in [2.05, 4.69) is 35.1 Å². The quantitative estimate of drug-likeness (QED) is 0.771. The van der Waals surface area contributed by atoms with Crippen LogP contribution in [-0.4, -0.2) is 31.6 Å². The van der Waals surface area contributed by atoms with E-state index in [1.165, 1.54) is 13.5 Å². The standard InChI is InChI=1S/C18H24BrNO4/c1-11-5-4-6-16(12(11)2)20-17(21)10-24-18(22)14-9-13(23-3)7-8-15(14)19/h7-9,11-12,16H,4-6,10H2,1-3H3,(H,20,21)/t11-,12+,16+/m1/s1. The maximum absolute atomic E-state index is 12.2. The van der Waals surface area contributed by atoms with Gasteiger partial charge in [0, 0.05) is 10.5 Å². The smallest absolute Gasteiger partial charge is 0.339 e. The first kappa shape index (κ1) is 18.8. The summed E-state index contributed by atoms with van der Waals surface area (Å²) in [6.07, 6.45) is 3.30. The van der Waals surface area contributed by atoms with E-state index in [1.54, 1.807) is 18.2 Å². The number of ether oxygens (including phenoxy) is 2. The van der Waals surface area contributed by atoms with Gasteiger partial charge in [-0.05, 0) is 52.4 Å². The van der Waals surface area contributed by atoms with Gasteiger partial charge < -0.3 is 14.8 Å². The number of benzene rings is 1. The fourth-order valence-electron chi connectivity index (χ4n) is 3.03. The summed E-state index contributed by atoms with van der Waals surface area (Å²) in [5.41, 5.74) is 0.335. The molecule has 132 valence electrons. The zero-order valence-electron chi connectivity index (χ0n) is 14.3. The Kier molecular flexibility index (Phi) is 6.66. The van der Waals surface area contributed by atoms with Crippen molar-refractivity contribution >= 4 is 27.8 Å². The summed E-state index contributed by atoms with van der Waals surface area (Å²) in [5, 5.41) is 2.99. The predicted octanol–water partition coefficient (Wildman–Crippen LogP) is 3.56. The van der Waals surface area contributed by atoms with Crippen LogP contribution in [0.5, 0.6) is 5.75 Å². The van der Waals surface area contributed by atoms with Crippen molar-refractivity contribution in [1.82, 2.24) is 5.32 Å². The van der Waals surface area contributed by atoms with Gasteiger partial charge in [0.1, 0.15) is 5.75 Å². The molecule has 1 aliphatic rings. The van der Waals surface area contributed by atoms with E-state index in [0.29, 0.717) is 27.6 Å². The number of esters is 1. The first-order chi connectivity index (χ1) is 11.4. The molecule has 24 heavy (non-hydrogen) atoms. The average molecular weight is 398 g/mol. The monoisotopic (exact) mass is 397 g/mol. The number of carbonyl (C=O) groups is 2. The summed E-state index contributed by atoms with van der Waals surface area (Å²) in [7, 11) is 1.53. The molecule has 1 fully saturated rings. The minimum Gasteiger partial charge on any atom is -0.497 e. The van der Waals surface area contributed by atoms with Crippen molar-refractivity contribution in [2.45, 2.75) is 39.2 Å². The van der Waals surface area contributed by atoms with Gasteiger partial charge >= 0.3 is 5.97 Å². The molecule has 0 spiro atoms. The maximum Gasteiger partial charge on any atom is 0.339 e. The Morgan fingerprint density at radius 1 is 1.29 bits per heavy atom. The summed E-state index contributed by atoms with van der Waals surface area (Å²) >= 11 is 3.30. The molecular formula is C18H24BrNO4. The SMILES string of the molecule is COc1ccc(Br)c(C(=O)OCC(=O)N[C@H]2CCC[C@@H](C)[C@@H]2C)c1.